The van der Waals surface area contributed by atoms with Crippen molar-refractivity contribution in [3.8, 4) is 0 Å². The Hall–Kier alpha value is -4.53. The van der Waals surface area contributed by atoms with Gasteiger partial charge in [-0.25, -0.2) is 4.99 Å². The number of anilines is 2. The molecule has 2 aliphatic rings. The van der Waals surface area contributed by atoms with Gasteiger partial charge in [-0.15, -0.1) is 6.58 Å². The van der Waals surface area contributed by atoms with Crippen LogP contribution in [0.5, 0.6) is 0 Å². The standard InChI is InChI=1S/C31H23ClN4O3S/c1-3-17-35-23-12-8-7-11-22(23)25(29(35)38)27-30(39)36-26(19-13-15-20(32)16-14-19)24(18(2)33-31(36)40-27)28(37)34-21-9-5-4-6-10-21/h3-16,26H,1,17H2,2H3,(H,34,37)/b27-25+/t26-/m0/s1. The summed E-state index contributed by atoms with van der Waals surface area (Å²) in [7, 11) is 0. The van der Waals surface area contributed by atoms with E-state index in [1.807, 2.05) is 42.5 Å². The highest BCUT2D eigenvalue weighted by atomic mass is 35.5. The number of hydrogen-bond acceptors (Lipinski definition) is 5. The maximum atomic E-state index is 14.2. The fourth-order valence-corrected chi connectivity index (χ4v) is 6.42. The minimum absolute atomic E-state index is 0.271. The molecule has 198 valence electrons. The zero-order valence-corrected chi connectivity index (χ0v) is 23.0. The summed E-state index contributed by atoms with van der Waals surface area (Å²) in [5, 5.41) is 3.47. The van der Waals surface area contributed by atoms with Gasteiger partial charge in [0.05, 0.1) is 28.6 Å². The second-order valence-electron chi connectivity index (χ2n) is 9.37. The van der Waals surface area contributed by atoms with Crippen LogP contribution < -0.4 is 25.1 Å². The lowest BCUT2D eigenvalue weighted by Gasteiger charge is -2.25. The molecule has 0 bridgehead atoms. The molecule has 3 aromatic carbocycles. The van der Waals surface area contributed by atoms with E-state index in [1.165, 1.54) is 4.57 Å². The van der Waals surface area contributed by atoms with Gasteiger partial charge in [-0.2, -0.15) is 0 Å². The van der Waals surface area contributed by atoms with Gasteiger partial charge in [0.15, 0.2) is 4.80 Å². The summed E-state index contributed by atoms with van der Waals surface area (Å²) in [5.41, 5.74) is 3.48. The van der Waals surface area contributed by atoms with E-state index in [2.05, 4.69) is 11.9 Å². The van der Waals surface area contributed by atoms with Gasteiger partial charge in [0.25, 0.3) is 17.4 Å². The predicted octanol–water partition coefficient (Wildman–Crippen LogP) is 4.43. The van der Waals surface area contributed by atoms with E-state index in [9.17, 15) is 14.4 Å². The summed E-state index contributed by atoms with van der Waals surface area (Å²) in [5.74, 6) is -0.642. The number of para-hydroxylation sites is 2. The van der Waals surface area contributed by atoms with E-state index < -0.39 is 6.04 Å². The first-order valence-corrected chi connectivity index (χ1v) is 13.8. The number of rotatable bonds is 5. The molecule has 1 aromatic heterocycles. The van der Waals surface area contributed by atoms with Crippen LogP contribution in [0.4, 0.5) is 11.4 Å². The number of nitrogens with zero attached hydrogens (tertiary/aromatic N) is 3. The lowest BCUT2D eigenvalue weighted by molar-refractivity contribution is -0.114. The zero-order valence-electron chi connectivity index (χ0n) is 21.4. The molecule has 2 amide bonds. The van der Waals surface area contributed by atoms with Crippen molar-refractivity contribution in [2.75, 3.05) is 16.8 Å². The SMILES string of the molecule is C=CCN1C(=O)/C(=c2/sc3n(c2=O)[C@@H](c2ccc(Cl)cc2)C(C(=O)Nc2ccccc2)=C(C)N=3)c2ccccc21. The average Bonchev–Trinajstić information content (AvgIpc) is 3.41. The molecule has 0 spiro atoms. The van der Waals surface area contributed by atoms with E-state index in [1.54, 1.807) is 54.3 Å². The first kappa shape index (κ1) is 25.7. The fourth-order valence-electron chi connectivity index (χ4n) is 5.15. The molecule has 0 saturated heterocycles. The Balaban J connectivity index is 1.58. The third-order valence-electron chi connectivity index (χ3n) is 6.92. The maximum absolute atomic E-state index is 14.2. The number of hydrogen-bond donors (Lipinski definition) is 1. The van der Waals surface area contributed by atoms with E-state index in [0.29, 0.717) is 50.0 Å². The van der Waals surface area contributed by atoms with Crippen LogP contribution in [0.1, 0.15) is 24.1 Å². The van der Waals surface area contributed by atoms with Crippen molar-refractivity contribution < 1.29 is 9.59 Å². The van der Waals surface area contributed by atoms with Gasteiger partial charge in [-0.05, 0) is 42.8 Å². The van der Waals surface area contributed by atoms with Crippen LogP contribution in [0, 0.1) is 0 Å². The van der Waals surface area contributed by atoms with Crippen molar-refractivity contribution in [3.63, 3.8) is 0 Å². The molecule has 0 aliphatic carbocycles. The van der Waals surface area contributed by atoms with Gasteiger partial charge < -0.3 is 10.2 Å². The molecule has 3 heterocycles. The molecule has 1 atom stereocenters. The fraction of sp³-hybridized carbons (Fsp3) is 0.0968. The van der Waals surface area contributed by atoms with Crippen molar-refractivity contribution in [3.05, 3.63) is 139 Å². The number of benzene rings is 3. The van der Waals surface area contributed by atoms with Crippen LogP contribution in [-0.4, -0.2) is 22.9 Å². The highest BCUT2D eigenvalue weighted by Gasteiger charge is 2.36. The Morgan fingerprint density at radius 1 is 1.05 bits per heavy atom. The van der Waals surface area contributed by atoms with Crippen LogP contribution in [0.25, 0.3) is 5.57 Å². The van der Waals surface area contributed by atoms with Gasteiger partial charge >= 0.3 is 0 Å². The summed E-state index contributed by atoms with van der Waals surface area (Å²) in [4.78, 5) is 48.3. The minimum Gasteiger partial charge on any atom is -0.322 e. The molecule has 2 aliphatic heterocycles. The molecule has 0 radical (unpaired) electrons. The van der Waals surface area contributed by atoms with Crippen LogP contribution in [0.15, 0.2) is 113 Å². The van der Waals surface area contributed by atoms with Crippen LogP contribution in [0.3, 0.4) is 0 Å². The smallest absolute Gasteiger partial charge is 0.271 e. The van der Waals surface area contributed by atoms with E-state index in [-0.39, 0.29) is 21.9 Å². The highest BCUT2D eigenvalue weighted by Crippen LogP contribution is 2.35. The molecule has 0 fully saturated rings. The summed E-state index contributed by atoms with van der Waals surface area (Å²) in [6.07, 6.45) is 1.65. The number of halogens is 1. The van der Waals surface area contributed by atoms with Crippen molar-refractivity contribution in [2.24, 2.45) is 4.99 Å². The molecule has 6 rings (SSSR count). The second kappa shape index (κ2) is 10.2. The van der Waals surface area contributed by atoms with Crippen LogP contribution in [-0.2, 0) is 9.59 Å². The first-order chi connectivity index (χ1) is 19.4. The Morgan fingerprint density at radius 3 is 2.48 bits per heavy atom. The Morgan fingerprint density at radius 2 is 1.75 bits per heavy atom. The van der Waals surface area contributed by atoms with Gasteiger partial charge in [-0.1, -0.05) is 77.5 Å². The number of aromatic nitrogens is 1. The summed E-state index contributed by atoms with van der Waals surface area (Å²) < 4.78 is 1.79. The molecule has 4 aromatic rings. The third-order valence-corrected chi connectivity index (χ3v) is 8.23. The molecule has 0 saturated carbocycles. The maximum Gasteiger partial charge on any atom is 0.271 e. The largest absolute Gasteiger partial charge is 0.322 e. The number of carbonyl (C=O) groups excluding carboxylic acids is 2. The topological polar surface area (TPSA) is 83.8 Å². The monoisotopic (exact) mass is 566 g/mol. The van der Waals surface area contributed by atoms with Gasteiger partial charge in [0, 0.05) is 22.8 Å². The lowest BCUT2D eigenvalue weighted by atomic mass is 9.95. The molecular weight excluding hydrogens is 544 g/mol. The molecule has 1 N–H and O–H groups in total. The summed E-state index contributed by atoms with van der Waals surface area (Å²) in [6.45, 7) is 5.85. The Kier molecular flexibility index (Phi) is 6.57. The van der Waals surface area contributed by atoms with Gasteiger partial charge in [0.1, 0.15) is 4.53 Å². The third kappa shape index (κ3) is 4.22. The molecule has 40 heavy (non-hydrogen) atoms. The minimum atomic E-state index is -0.775. The zero-order chi connectivity index (χ0) is 28.0. The Labute approximate surface area is 238 Å². The number of fused-ring (bicyclic) bond motifs is 2. The number of allylic oxidation sites excluding steroid dienone is 1. The predicted molar refractivity (Wildman–Crippen MR) is 158 cm³/mol. The lowest BCUT2D eigenvalue weighted by Crippen LogP contribution is -2.41. The van der Waals surface area contributed by atoms with Crippen molar-refractivity contribution in [1.29, 1.82) is 0 Å². The Bertz CT molecular complexity index is 1910. The van der Waals surface area contributed by atoms with Crippen molar-refractivity contribution in [2.45, 2.75) is 13.0 Å². The van der Waals surface area contributed by atoms with Crippen LogP contribution >= 0.6 is 22.9 Å². The number of amides is 2. The number of nitrogens with one attached hydrogen (secondary N) is 1. The van der Waals surface area contributed by atoms with Crippen molar-refractivity contribution in [1.82, 2.24) is 4.57 Å². The van der Waals surface area contributed by atoms with Crippen molar-refractivity contribution >= 4 is 51.7 Å². The summed E-state index contributed by atoms with van der Waals surface area (Å²) >= 11 is 7.33. The molecular formula is C31H23ClN4O3S. The van der Waals surface area contributed by atoms with Gasteiger partial charge in [-0.3, -0.25) is 19.0 Å². The van der Waals surface area contributed by atoms with Gasteiger partial charge in [0.2, 0.25) is 0 Å². The number of carbonyl (C=O) groups is 2. The molecule has 0 unspecified atom stereocenters. The van der Waals surface area contributed by atoms with E-state index in [0.717, 1.165) is 17.0 Å². The normalized spacial score (nSPS) is 17.3. The van der Waals surface area contributed by atoms with Crippen LogP contribution in [0.2, 0.25) is 5.02 Å². The average molecular weight is 567 g/mol. The molecule has 7 nitrogen and oxygen atoms in total. The quantitative estimate of drug-likeness (QED) is 0.363. The number of thiazole rings is 1. The highest BCUT2D eigenvalue weighted by molar-refractivity contribution is 7.07. The summed E-state index contributed by atoms with van der Waals surface area (Å²) in [6, 6.07) is 22.8. The van der Waals surface area contributed by atoms with E-state index >= 15 is 0 Å². The first-order valence-electron chi connectivity index (χ1n) is 12.6. The molecule has 9 heteroatoms. The van der Waals surface area contributed by atoms with E-state index in [4.69, 9.17) is 16.6 Å². The second-order valence-corrected chi connectivity index (χ2v) is 10.8.